The molecule has 0 saturated heterocycles. The van der Waals surface area contributed by atoms with E-state index in [1.165, 1.54) is 0 Å². The van der Waals surface area contributed by atoms with Crippen LogP contribution in [0.2, 0.25) is 0 Å². The summed E-state index contributed by atoms with van der Waals surface area (Å²) in [4.78, 5) is 11.3. The zero-order chi connectivity index (χ0) is 18.8. The van der Waals surface area contributed by atoms with E-state index in [0.29, 0.717) is 5.69 Å². The molecule has 27 heavy (non-hydrogen) atoms. The van der Waals surface area contributed by atoms with Crippen LogP contribution in [-0.4, -0.2) is 22.4 Å². The van der Waals surface area contributed by atoms with Gasteiger partial charge in [0.25, 0.3) is 0 Å². The van der Waals surface area contributed by atoms with Crippen LogP contribution in [0, 0.1) is 0 Å². The number of hydrogen-bond donors (Lipinski definition) is 4. The largest absolute Gasteiger partial charge is 0.478 e. The molecule has 5 nitrogen and oxygen atoms in total. The number of benzene rings is 3. The lowest BCUT2D eigenvalue weighted by atomic mass is 9.99. The van der Waals surface area contributed by atoms with Crippen molar-refractivity contribution in [2.24, 2.45) is 0 Å². The third-order valence-corrected chi connectivity index (χ3v) is 4.49. The maximum Gasteiger partial charge on any atom is 0.335 e. The first-order valence-electron chi connectivity index (χ1n) is 8.57. The highest BCUT2D eigenvalue weighted by atomic mass is 16.4. The molecule has 5 heteroatoms. The number of fused-ring (bicyclic) bond motifs is 1. The summed E-state index contributed by atoms with van der Waals surface area (Å²) < 4.78 is 0. The minimum Gasteiger partial charge on any atom is -0.478 e. The van der Waals surface area contributed by atoms with Gasteiger partial charge in [-0.25, -0.2) is 4.79 Å². The first-order valence-corrected chi connectivity index (χ1v) is 8.57. The van der Waals surface area contributed by atoms with Crippen molar-refractivity contribution >= 4 is 28.6 Å². The second-order valence-corrected chi connectivity index (χ2v) is 6.26. The van der Waals surface area contributed by atoms with Crippen LogP contribution in [0.15, 0.2) is 78.9 Å². The van der Waals surface area contributed by atoms with Crippen LogP contribution in [0.4, 0.5) is 11.4 Å². The van der Waals surface area contributed by atoms with E-state index < -0.39 is 12.2 Å². The number of carboxylic acid groups (broad SMARTS) is 1. The average Bonchev–Trinajstić information content (AvgIpc) is 3.02. The monoisotopic (exact) mass is 358 g/mol. The lowest BCUT2D eigenvalue weighted by molar-refractivity contribution is 0.0697. The molecule has 3 aromatic rings. The number of aromatic carboxylic acids is 1. The van der Waals surface area contributed by atoms with E-state index in [1.54, 1.807) is 24.3 Å². The predicted molar refractivity (Wildman–Crippen MR) is 106 cm³/mol. The van der Waals surface area contributed by atoms with E-state index in [0.717, 1.165) is 28.1 Å². The Labute approximate surface area is 156 Å². The molecule has 1 heterocycles. The lowest BCUT2D eigenvalue weighted by Gasteiger charge is -2.18. The summed E-state index contributed by atoms with van der Waals surface area (Å²) in [5.41, 5.74) is 4.94. The summed E-state index contributed by atoms with van der Waals surface area (Å²) in [6.45, 7) is 0. The highest BCUT2D eigenvalue weighted by molar-refractivity contribution is 6.03. The molecule has 1 atom stereocenters. The number of para-hydroxylation sites is 1. The van der Waals surface area contributed by atoms with Crippen molar-refractivity contribution in [1.29, 1.82) is 0 Å². The summed E-state index contributed by atoms with van der Waals surface area (Å²) in [7, 11) is 0. The third kappa shape index (κ3) is 3.28. The Morgan fingerprint density at radius 3 is 2.37 bits per heavy atom. The van der Waals surface area contributed by atoms with Gasteiger partial charge in [-0.1, -0.05) is 54.6 Å². The zero-order valence-corrected chi connectivity index (χ0v) is 14.4. The van der Waals surface area contributed by atoms with Gasteiger partial charge in [0, 0.05) is 22.5 Å². The van der Waals surface area contributed by atoms with E-state index in [9.17, 15) is 15.0 Å². The number of rotatable bonds is 4. The molecule has 0 bridgehead atoms. The Bertz CT molecular complexity index is 1030. The van der Waals surface area contributed by atoms with Gasteiger partial charge in [0.1, 0.15) is 0 Å². The van der Waals surface area contributed by atoms with E-state index in [-0.39, 0.29) is 5.56 Å². The number of aliphatic hydroxyl groups is 1. The van der Waals surface area contributed by atoms with Crippen molar-refractivity contribution in [3.63, 3.8) is 0 Å². The second kappa shape index (κ2) is 6.97. The summed E-state index contributed by atoms with van der Waals surface area (Å²) in [6, 6.07) is 24.0. The molecule has 134 valence electrons. The molecule has 0 aliphatic carbocycles. The quantitative estimate of drug-likeness (QED) is 0.564. The van der Waals surface area contributed by atoms with Crippen molar-refractivity contribution in [3.05, 3.63) is 95.6 Å². The Morgan fingerprint density at radius 2 is 1.59 bits per heavy atom. The van der Waals surface area contributed by atoms with Gasteiger partial charge in [-0.05, 0) is 29.8 Å². The van der Waals surface area contributed by atoms with Crippen LogP contribution < -0.4 is 10.6 Å². The minimum absolute atomic E-state index is 0.197. The topological polar surface area (TPSA) is 81.6 Å². The Kier molecular flexibility index (Phi) is 4.36. The summed E-state index contributed by atoms with van der Waals surface area (Å²) >= 11 is 0. The van der Waals surface area contributed by atoms with Crippen molar-refractivity contribution in [1.82, 2.24) is 0 Å². The first-order chi connectivity index (χ1) is 13.1. The molecular weight excluding hydrogens is 340 g/mol. The second-order valence-electron chi connectivity index (χ2n) is 6.26. The fraction of sp³-hybridized carbons (Fsp3) is 0.0455. The minimum atomic E-state index is -0.986. The van der Waals surface area contributed by atoms with Gasteiger partial charge in [-0.2, -0.15) is 0 Å². The number of carboxylic acids is 1. The van der Waals surface area contributed by atoms with E-state index >= 15 is 0 Å². The number of nitrogens with one attached hydrogen (secondary N) is 2. The Morgan fingerprint density at radius 1 is 0.889 bits per heavy atom. The van der Waals surface area contributed by atoms with E-state index in [4.69, 9.17) is 0 Å². The molecule has 4 rings (SSSR count). The summed E-state index contributed by atoms with van der Waals surface area (Å²) in [5.74, 6) is -0.986. The van der Waals surface area contributed by atoms with Gasteiger partial charge >= 0.3 is 5.97 Å². The maximum atomic E-state index is 11.3. The number of anilines is 2. The normalized spacial score (nSPS) is 17.0. The average molecular weight is 358 g/mol. The molecule has 0 saturated carbocycles. The maximum absolute atomic E-state index is 11.3. The molecule has 1 unspecified atom stereocenters. The molecule has 3 aromatic carbocycles. The highest BCUT2D eigenvalue weighted by Gasteiger charge is 2.28. The molecule has 0 spiro atoms. The van der Waals surface area contributed by atoms with Crippen LogP contribution in [0.1, 0.15) is 21.5 Å². The fourth-order valence-electron chi connectivity index (χ4n) is 3.26. The van der Waals surface area contributed by atoms with Gasteiger partial charge in [0.2, 0.25) is 0 Å². The zero-order valence-electron chi connectivity index (χ0n) is 14.4. The van der Waals surface area contributed by atoms with Gasteiger partial charge in [0.15, 0.2) is 6.23 Å². The van der Waals surface area contributed by atoms with E-state index in [1.807, 2.05) is 54.6 Å². The van der Waals surface area contributed by atoms with Crippen molar-refractivity contribution in [2.45, 2.75) is 6.23 Å². The van der Waals surface area contributed by atoms with Crippen LogP contribution in [0.25, 0.3) is 11.3 Å². The van der Waals surface area contributed by atoms with Crippen LogP contribution >= 0.6 is 0 Å². The summed E-state index contributed by atoms with van der Waals surface area (Å²) in [6.07, 6.45) is -0.868. The highest BCUT2D eigenvalue weighted by Crippen LogP contribution is 2.39. The molecule has 0 amide bonds. The first kappa shape index (κ1) is 16.9. The molecular formula is C22H18N2O3. The standard InChI is InChI=1S/C22H18N2O3/c25-21-19(17-11-4-5-12-18(17)24-21)20(14-7-2-1-3-8-14)23-16-10-6-9-15(13-16)22(26)27/h1-13,21,23-25H,(H,26,27)/b20-19-. The van der Waals surface area contributed by atoms with Gasteiger partial charge in [-0.15, -0.1) is 0 Å². The molecule has 0 fully saturated rings. The molecule has 0 radical (unpaired) electrons. The smallest absolute Gasteiger partial charge is 0.335 e. The van der Waals surface area contributed by atoms with Gasteiger partial charge < -0.3 is 20.8 Å². The molecule has 1 aliphatic rings. The van der Waals surface area contributed by atoms with Crippen molar-refractivity contribution in [3.8, 4) is 0 Å². The molecule has 1 aliphatic heterocycles. The van der Waals surface area contributed by atoms with Gasteiger partial charge in [-0.3, -0.25) is 0 Å². The molecule has 0 aromatic heterocycles. The van der Waals surface area contributed by atoms with Crippen LogP contribution in [-0.2, 0) is 0 Å². The van der Waals surface area contributed by atoms with E-state index in [2.05, 4.69) is 10.6 Å². The van der Waals surface area contributed by atoms with Crippen molar-refractivity contribution < 1.29 is 15.0 Å². The van der Waals surface area contributed by atoms with Crippen LogP contribution in [0.3, 0.4) is 0 Å². The fourth-order valence-corrected chi connectivity index (χ4v) is 3.26. The van der Waals surface area contributed by atoms with Gasteiger partial charge in [0.05, 0.1) is 11.3 Å². The number of hydrogen-bond acceptors (Lipinski definition) is 4. The Balaban J connectivity index is 1.87. The molecule has 4 N–H and O–H groups in total. The SMILES string of the molecule is O=C(O)c1cccc(N/C(=C2/c3ccccc3NC2O)c2ccccc2)c1. The lowest BCUT2D eigenvalue weighted by Crippen LogP contribution is -2.16. The van der Waals surface area contributed by atoms with Crippen molar-refractivity contribution in [2.75, 3.05) is 10.6 Å². The number of carbonyl (C=O) groups is 1. The van der Waals surface area contributed by atoms with Crippen LogP contribution in [0.5, 0.6) is 0 Å². The number of aliphatic hydroxyl groups excluding tert-OH is 1. The summed E-state index contributed by atoms with van der Waals surface area (Å²) in [5, 5.41) is 26.3. The predicted octanol–water partition coefficient (Wildman–Crippen LogP) is 4.11. The Hall–Kier alpha value is -3.57. The third-order valence-electron chi connectivity index (χ3n) is 4.49.